The second-order valence-electron chi connectivity index (χ2n) is 9.91. The Bertz CT molecular complexity index is 1100. The number of fused-ring (bicyclic) bond motifs is 1. The van der Waals surface area contributed by atoms with Crippen molar-refractivity contribution in [1.29, 1.82) is 0 Å². The van der Waals surface area contributed by atoms with Gasteiger partial charge in [0, 0.05) is 29.9 Å². The smallest absolute Gasteiger partial charge is 0.224 e. The molecule has 0 saturated carbocycles. The maximum Gasteiger partial charge on any atom is 0.224 e. The van der Waals surface area contributed by atoms with Gasteiger partial charge < -0.3 is 21.5 Å². The third-order valence-corrected chi connectivity index (χ3v) is 6.39. The average molecular weight is 459 g/mol. The van der Waals surface area contributed by atoms with E-state index in [-0.39, 0.29) is 17.5 Å². The number of hydrogen-bond donors (Lipinski definition) is 4. The number of nitrogens with two attached hydrogens (primary N) is 1. The van der Waals surface area contributed by atoms with Crippen LogP contribution in [0.1, 0.15) is 47.8 Å². The van der Waals surface area contributed by atoms with Crippen LogP contribution >= 0.6 is 0 Å². The van der Waals surface area contributed by atoms with Crippen molar-refractivity contribution in [2.45, 2.75) is 57.2 Å². The minimum atomic E-state index is -0.663. The van der Waals surface area contributed by atoms with Gasteiger partial charge in [0.05, 0.1) is 12.5 Å². The zero-order valence-corrected chi connectivity index (χ0v) is 19.9. The molecule has 34 heavy (non-hydrogen) atoms. The van der Waals surface area contributed by atoms with Crippen LogP contribution in [-0.2, 0) is 30.5 Å². The zero-order valence-electron chi connectivity index (χ0n) is 19.9. The van der Waals surface area contributed by atoms with Crippen molar-refractivity contribution in [3.63, 3.8) is 0 Å². The van der Waals surface area contributed by atoms with Gasteiger partial charge in [0.15, 0.2) is 0 Å². The molecule has 0 saturated heterocycles. The summed E-state index contributed by atoms with van der Waals surface area (Å²) in [6.07, 6.45) is 3.89. The van der Waals surface area contributed by atoms with Gasteiger partial charge in [-0.15, -0.1) is 0 Å². The summed E-state index contributed by atoms with van der Waals surface area (Å²) in [6, 6.07) is 20.3. The zero-order chi connectivity index (χ0) is 24.1. The molecule has 5 N–H and O–H groups in total. The van der Waals surface area contributed by atoms with Crippen molar-refractivity contribution in [2.75, 3.05) is 12.3 Å². The second kappa shape index (κ2) is 10.4. The lowest BCUT2D eigenvalue weighted by atomic mass is 9.93. The van der Waals surface area contributed by atoms with Gasteiger partial charge in [-0.1, -0.05) is 54.6 Å². The standard InChI is InChI=1S/C28H34N4O2/c1-28(2,31-18-25(33)23-10-11-26(29)30-17-23)16-20-7-5-6-19(12-20)13-27(34)32-24-14-21-8-3-4-9-22(21)15-24/h3-12,17,24-25,31,33H,13-16,18H2,1-2H3,(H2,29,30)(H,32,34)/t25-/m1/s1. The number of rotatable bonds is 9. The molecule has 1 amide bonds. The molecule has 1 aliphatic rings. The molecule has 6 nitrogen and oxygen atoms in total. The molecule has 0 fully saturated rings. The van der Waals surface area contributed by atoms with E-state index in [1.807, 2.05) is 12.1 Å². The number of nitrogens with zero attached hydrogens (tertiary/aromatic N) is 1. The lowest BCUT2D eigenvalue weighted by Crippen LogP contribution is -2.43. The average Bonchev–Trinajstić information content (AvgIpc) is 3.20. The topological polar surface area (TPSA) is 100 Å². The Morgan fingerprint density at radius 2 is 1.79 bits per heavy atom. The number of aliphatic hydroxyl groups excluding tert-OH is 1. The minimum Gasteiger partial charge on any atom is -0.387 e. The highest BCUT2D eigenvalue weighted by Crippen LogP contribution is 2.22. The fourth-order valence-corrected chi connectivity index (χ4v) is 4.65. The molecule has 2 aromatic carbocycles. The Hall–Kier alpha value is -3.22. The van der Waals surface area contributed by atoms with Crippen molar-refractivity contribution in [3.8, 4) is 0 Å². The first kappa shape index (κ1) is 23.9. The van der Waals surface area contributed by atoms with Gasteiger partial charge in [0.1, 0.15) is 5.82 Å². The summed E-state index contributed by atoms with van der Waals surface area (Å²) in [6.45, 7) is 4.63. The van der Waals surface area contributed by atoms with Crippen molar-refractivity contribution in [1.82, 2.24) is 15.6 Å². The van der Waals surface area contributed by atoms with Crippen LogP contribution in [0.15, 0.2) is 66.9 Å². The Morgan fingerprint density at radius 3 is 2.47 bits per heavy atom. The summed E-state index contributed by atoms with van der Waals surface area (Å²) in [5, 5.41) is 17.1. The summed E-state index contributed by atoms with van der Waals surface area (Å²) < 4.78 is 0. The van der Waals surface area contributed by atoms with Gasteiger partial charge in [-0.2, -0.15) is 0 Å². The Morgan fingerprint density at radius 1 is 1.09 bits per heavy atom. The fourth-order valence-electron chi connectivity index (χ4n) is 4.65. The number of hydrogen-bond acceptors (Lipinski definition) is 5. The number of anilines is 1. The van der Waals surface area contributed by atoms with Crippen molar-refractivity contribution < 1.29 is 9.90 Å². The third-order valence-electron chi connectivity index (χ3n) is 6.39. The van der Waals surface area contributed by atoms with Crippen molar-refractivity contribution in [3.05, 3.63) is 94.7 Å². The van der Waals surface area contributed by atoms with E-state index < -0.39 is 6.10 Å². The molecule has 1 heterocycles. The third kappa shape index (κ3) is 6.43. The predicted octanol–water partition coefficient (Wildman–Crippen LogP) is 3.13. The van der Waals surface area contributed by atoms with Gasteiger partial charge in [0.2, 0.25) is 5.91 Å². The SMILES string of the molecule is CC(C)(Cc1cccc(CC(=O)NC2Cc3ccccc3C2)c1)NC[C@@H](O)c1ccc(N)nc1. The summed E-state index contributed by atoms with van der Waals surface area (Å²) in [5.41, 5.74) is 11.0. The normalized spacial score (nSPS) is 14.6. The first-order valence-corrected chi connectivity index (χ1v) is 11.9. The van der Waals surface area contributed by atoms with Crippen LogP contribution in [0, 0.1) is 0 Å². The molecule has 6 heteroatoms. The second-order valence-corrected chi connectivity index (χ2v) is 9.91. The van der Waals surface area contributed by atoms with Crippen LogP contribution in [-0.4, -0.2) is 34.1 Å². The Labute approximate surface area is 201 Å². The molecule has 0 bridgehead atoms. The highest BCUT2D eigenvalue weighted by molar-refractivity contribution is 5.79. The highest BCUT2D eigenvalue weighted by atomic mass is 16.3. The van der Waals surface area contributed by atoms with Crippen molar-refractivity contribution >= 4 is 11.7 Å². The molecule has 1 atom stereocenters. The van der Waals surface area contributed by atoms with E-state index >= 15 is 0 Å². The van der Waals surface area contributed by atoms with Gasteiger partial charge in [0.25, 0.3) is 0 Å². The molecular formula is C28H34N4O2. The first-order valence-electron chi connectivity index (χ1n) is 11.9. The summed E-state index contributed by atoms with van der Waals surface area (Å²) in [5.74, 6) is 0.499. The quantitative estimate of drug-likeness (QED) is 0.395. The summed E-state index contributed by atoms with van der Waals surface area (Å²) >= 11 is 0. The number of nitrogens with one attached hydrogen (secondary N) is 2. The summed E-state index contributed by atoms with van der Waals surface area (Å²) in [7, 11) is 0. The summed E-state index contributed by atoms with van der Waals surface area (Å²) in [4.78, 5) is 16.7. The monoisotopic (exact) mass is 458 g/mol. The van der Waals surface area contributed by atoms with E-state index in [1.165, 1.54) is 11.1 Å². The fraction of sp³-hybridized carbons (Fsp3) is 0.357. The molecule has 178 valence electrons. The maximum absolute atomic E-state index is 12.7. The van der Waals surface area contributed by atoms with Gasteiger partial charge in [-0.05, 0) is 61.4 Å². The van der Waals surface area contributed by atoms with Gasteiger partial charge >= 0.3 is 0 Å². The predicted molar refractivity (Wildman–Crippen MR) is 135 cm³/mol. The van der Waals surface area contributed by atoms with Crippen LogP contribution in [0.2, 0.25) is 0 Å². The number of aliphatic hydroxyl groups is 1. The number of pyridine rings is 1. The number of aromatic nitrogens is 1. The van der Waals surface area contributed by atoms with Crippen molar-refractivity contribution in [2.24, 2.45) is 0 Å². The molecule has 1 aliphatic carbocycles. The van der Waals surface area contributed by atoms with E-state index in [2.05, 4.69) is 65.9 Å². The highest BCUT2D eigenvalue weighted by Gasteiger charge is 2.23. The van der Waals surface area contributed by atoms with E-state index in [4.69, 9.17) is 5.73 Å². The lowest BCUT2D eigenvalue weighted by molar-refractivity contribution is -0.121. The van der Waals surface area contributed by atoms with Crippen LogP contribution in [0.25, 0.3) is 0 Å². The maximum atomic E-state index is 12.7. The number of carbonyl (C=O) groups is 1. The molecule has 0 aliphatic heterocycles. The number of benzene rings is 2. The largest absolute Gasteiger partial charge is 0.387 e. The number of nitrogen functional groups attached to an aromatic ring is 1. The van der Waals surface area contributed by atoms with E-state index in [9.17, 15) is 9.90 Å². The van der Waals surface area contributed by atoms with Gasteiger partial charge in [-0.25, -0.2) is 4.98 Å². The van der Waals surface area contributed by atoms with Crippen LogP contribution < -0.4 is 16.4 Å². The molecule has 4 rings (SSSR count). The number of β-amino-alcohol motifs (C(OH)–C–C–N with tert-alkyl or cyclic N) is 1. The van der Waals surface area contributed by atoms with E-state index in [0.717, 1.165) is 36.0 Å². The van der Waals surface area contributed by atoms with Crippen LogP contribution in [0.3, 0.4) is 0 Å². The van der Waals surface area contributed by atoms with Crippen LogP contribution in [0.5, 0.6) is 0 Å². The number of carbonyl (C=O) groups excluding carboxylic acids is 1. The molecule has 0 radical (unpaired) electrons. The van der Waals surface area contributed by atoms with Gasteiger partial charge in [-0.3, -0.25) is 4.79 Å². The molecule has 0 unspecified atom stereocenters. The van der Waals surface area contributed by atoms with E-state index in [1.54, 1.807) is 18.3 Å². The molecular weight excluding hydrogens is 424 g/mol. The minimum absolute atomic E-state index is 0.0626. The Balaban J connectivity index is 1.28. The van der Waals surface area contributed by atoms with E-state index in [0.29, 0.717) is 18.8 Å². The Kier molecular flexibility index (Phi) is 7.29. The lowest BCUT2D eigenvalue weighted by Gasteiger charge is -2.28. The first-order chi connectivity index (χ1) is 16.3. The number of amides is 1. The molecule has 1 aromatic heterocycles. The molecule has 0 spiro atoms. The molecule has 3 aromatic rings. The van der Waals surface area contributed by atoms with Crippen LogP contribution in [0.4, 0.5) is 5.82 Å².